The molecule has 10 heteroatoms. The molecule has 3 heterocycles. The van der Waals surface area contributed by atoms with Gasteiger partial charge in [0.1, 0.15) is 5.52 Å². The van der Waals surface area contributed by atoms with Crippen molar-refractivity contribution in [2.75, 3.05) is 13.1 Å². The second-order valence-electron chi connectivity index (χ2n) is 10.6. The van der Waals surface area contributed by atoms with E-state index in [1.165, 1.54) is 23.2 Å². The maximum Gasteiger partial charge on any atom is 0.330 e. The number of aromatic nitrogens is 2. The van der Waals surface area contributed by atoms with Crippen molar-refractivity contribution in [2.24, 2.45) is 5.92 Å². The van der Waals surface area contributed by atoms with E-state index in [2.05, 4.69) is 9.97 Å². The number of carbonyl (C=O) groups excluding carboxylic acids is 1. The molecule has 40 heavy (non-hydrogen) atoms. The van der Waals surface area contributed by atoms with Gasteiger partial charge in [0.25, 0.3) is 0 Å². The highest BCUT2D eigenvalue weighted by Gasteiger charge is 2.53. The van der Waals surface area contributed by atoms with E-state index < -0.39 is 41.5 Å². The van der Waals surface area contributed by atoms with Gasteiger partial charge in [-0.25, -0.2) is 14.3 Å². The highest BCUT2D eigenvalue weighted by molar-refractivity contribution is 5.99. The predicted molar refractivity (Wildman–Crippen MR) is 142 cm³/mol. The lowest BCUT2D eigenvalue weighted by Crippen LogP contribution is -2.56. The lowest BCUT2D eigenvalue weighted by Gasteiger charge is -2.39. The molecule has 0 amide bonds. The Hall–Kier alpha value is -3.76. The van der Waals surface area contributed by atoms with Gasteiger partial charge < -0.3 is 14.3 Å². The SMILES string of the molecule is O=C(O)C1CCC(OC(F)(C(=O)C(c2ccc3ncoc3c2F)c2nccc3ccccc23)N2CCCC2)CC1. The zero-order valence-corrected chi connectivity index (χ0v) is 21.8. The number of oxazole rings is 1. The average Bonchev–Trinajstić information content (AvgIpc) is 3.68. The van der Waals surface area contributed by atoms with E-state index in [-0.39, 0.29) is 22.4 Å². The van der Waals surface area contributed by atoms with Crippen molar-refractivity contribution in [3.8, 4) is 0 Å². The largest absolute Gasteiger partial charge is 0.481 e. The number of alkyl halides is 1. The molecule has 1 aliphatic heterocycles. The van der Waals surface area contributed by atoms with E-state index >= 15 is 8.78 Å². The van der Waals surface area contributed by atoms with Crippen LogP contribution in [0.25, 0.3) is 21.9 Å². The summed E-state index contributed by atoms with van der Waals surface area (Å²) in [6.07, 6.45) is 4.61. The Bertz CT molecular complexity index is 1560. The summed E-state index contributed by atoms with van der Waals surface area (Å²) in [5.74, 6) is -7.53. The molecule has 2 aromatic carbocycles. The van der Waals surface area contributed by atoms with Crippen molar-refractivity contribution in [3.05, 3.63) is 72.1 Å². The molecule has 208 valence electrons. The Balaban J connectivity index is 1.47. The van der Waals surface area contributed by atoms with Crippen LogP contribution in [0.15, 0.2) is 59.5 Å². The minimum absolute atomic E-state index is 0.0856. The number of fused-ring (bicyclic) bond motifs is 2. The van der Waals surface area contributed by atoms with Crippen molar-refractivity contribution in [2.45, 2.75) is 56.5 Å². The van der Waals surface area contributed by atoms with Gasteiger partial charge in [0, 0.05) is 30.2 Å². The predicted octanol–water partition coefficient (Wildman–Crippen LogP) is 5.60. The Labute approximate surface area is 229 Å². The number of benzene rings is 2. The Kier molecular flexibility index (Phi) is 7.06. The van der Waals surface area contributed by atoms with E-state index in [4.69, 9.17) is 9.15 Å². The van der Waals surface area contributed by atoms with Gasteiger partial charge in [0.2, 0.25) is 5.78 Å². The van der Waals surface area contributed by atoms with E-state index in [0.29, 0.717) is 57.0 Å². The van der Waals surface area contributed by atoms with Gasteiger partial charge in [-0.1, -0.05) is 30.3 Å². The summed E-state index contributed by atoms with van der Waals surface area (Å²) in [6.45, 7) is 0.595. The van der Waals surface area contributed by atoms with E-state index in [9.17, 15) is 14.7 Å². The molecule has 0 bridgehead atoms. The minimum Gasteiger partial charge on any atom is -0.481 e. The average molecular weight is 550 g/mol. The van der Waals surface area contributed by atoms with Gasteiger partial charge in [-0.15, -0.1) is 0 Å². The number of ketones is 1. The summed E-state index contributed by atoms with van der Waals surface area (Å²) >= 11 is 0. The first-order valence-electron chi connectivity index (χ1n) is 13.6. The highest BCUT2D eigenvalue weighted by Crippen LogP contribution is 2.41. The van der Waals surface area contributed by atoms with Crippen LogP contribution in [0.5, 0.6) is 0 Å². The number of rotatable bonds is 8. The van der Waals surface area contributed by atoms with Crippen molar-refractivity contribution in [1.29, 1.82) is 0 Å². The smallest absolute Gasteiger partial charge is 0.330 e. The van der Waals surface area contributed by atoms with Gasteiger partial charge in [-0.2, -0.15) is 4.39 Å². The van der Waals surface area contributed by atoms with Crippen LogP contribution in [0.1, 0.15) is 55.7 Å². The molecule has 6 rings (SSSR count). The first-order valence-corrected chi connectivity index (χ1v) is 13.6. The normalized spacial score (nSPS) is 22.4. The van der Waals surface area contributed by atoms with Crippen molar-refractivity contribution < 1.29 is 32.6 Å². The molecule has 4 aromatic rings. The van der Waals surface area contributed by atoms with Gasteiger partial charge in [-0.05, 0) is 56.0 Å². The molecule has 2 atom stereocenters. The summed E-state index contributed by atoms with van der Waals surface area (Å²) in [4.78, 5) is 35.9. The molecule has 2 unspecified atom stereocenters. The molecular weight excluding hydrogens is 520 g/mol. The molecule has 0 radical (unpaired) electrons. The van der Waals surface area contributed by atoms with Crippen LogP contribution in [0.2, 0.25) is 0 Å². The standard InChI is InChI=1S/C30H29F2N3O5/c31-25-22(11-12-23-27(25)39-17-34-23)24(26-21-6-2-1-5-18(21)13-14-33-26)28(36)30(32,35-15-3-4-16-35)40-20-9-7-19(8-10-20)29(37)38/h1-2,5-6,11-14,17,19-20,24H,3-4,7-10,15-16H2,(H,37,38). The second-order valence-corrected chi connectivity index (χ2v) is 10.6. The molecular formula is C30H29F2N3O5. The van der Waals surface area contributed by atoms with Crippen LogP contribution in [-0.4, -0.2) is 56.9 Å². The van der Waals surface area contributed by atoms with Crippen LogP contribution in [0, 0.1) is 11.7 Å². The molecule has 8 nitrogen and oxygen atoms in total. The molecule has 1 saturated heterocycles. The number of hydrogen-bond acceptors (Lipinski definition) is 7. The third-order valence-electron chi connectivity index (χ3n) is 8.18. The van der Waals surface area contributed by atoms with Crippen molar-refractivity contribution in [3.63, 3.8) is 0 Å². The number of halogens is 2. The van der Waals surface area contributed by atoms with Gasteiger partial charge in [-0.3, -0.25) is 14.6 Å². The summed E-state index contributed by atoms with van der Waals surface area (Å²) in [5, 5.41) is 10.7. The third kappa shape index (κ3) is 4.65. The molecule has 1 saturated carbocycles. The molecule has 1 aliphatic carbocycles. The number of pyridine rings is 1. The number of carboxylic acid groups (broad SMARTS) is 1. The van der Waals surface area contributed by atoms with Gasteiger partial charge >= 0.3 is 11.9 Å². The first kappa shape index (κ1) is 26.5. The number of aliphatic carboxylic acids is 1. The Morgan fingerprint density at radius 2 is 1.80 bits per heavy atom. The number of carboxylic acids is 1. The van der Waals surface area contributed by atoms with E-state index in [1.54, 1.807) is 18.2 Å². The van der Waals surface area contributed by atoms with Crippen LogP contribution in [-0.2, 0) is 14.3 Å². The lowest BCUT2D eigenvalue weighted by atomic mass is 9.85. The number of carbonyl (C=O) groups is 2. The molecule has 0 spiro atoms. The quantitative estimate of drug-likeness (QED) is 0.284. The number of Topliss-reactive ketones (excluding diaryl/α,β-unsaturated/α-hetero) is 1. The zero-order valence-electron chi connectivity index (χ0n) is 21.8. The maximum absolute atomic E-state index is 17.4. The molecule has 2 aromatic heterocycles. The van der Waals surface area contributed by atoms with E-state index in [1.807, 2.05) is 12.1 Å². The van der Waals surface area contributed by atoms with Crippen LogP contribution >= 0.6 is 0 Å². The van der Waals surface area contributed by atoms with Gasteiger partial charge in [0.05, 0.1) is 23.6 Å². The fraction of sp³-hybridized carbons (Fsp3) is 0.400. The maximum atomic E-state index is 17.4. The van der Waals surface area contributed by atoms with Crippen molar-refractivity contribution in [1.82, 2.24) is 14.9 Å². The van der Waals surface area contributed by atoms with Crippen LogP contribution in [0.3, 0.4) is 0 Å². The molecule has 1 N–H and O–H groups in total. The monoisotopic (exact) mass is 549 g/mol. The van der Waals surface area contributed by atoms with Crippen molar-refractivity contribution >= 4 is 33.6 Å². The number of nitrogens with zero attached hydrogens (tertiary/aromatic N) is 3. The Morgan fingerprint density at radius 1 is 1.05 bits per heavy atom. The molecule has 2 fully saturated rings. The van der Waals surface area contributed by atoms with E-state index in [0.717, 1.165) is 11.8 Å². The summed E-state index contributed by atoms with van der Waals surface area (Å²) in [7, 11) is 0. The summed E-state index contributed by atoms with van der Waals surface area (Å²) < 4.78 is 44.7. The number of ether oxygens (including phenoxy) is 1. The van der Waals surface area contributed by atoms with Crippen LogP contribution < -0.4 is 0 Å². The summed E-state index contributed by atoms with van der Waals surface area (Å²) in [6, 6.07) is 12.0. The van der Waals surface area contributed by atoms with Gasteiger partial charge in [0.15, 0.2) is 17.8 Å². The highest BCUT2D eigenvalue weighted by atomic mass is 19.2. The van der Waals surface area contributed by atoms with Crippen LogP contribution in [0.4, 0.5) is 8.78 Å². The number of likely N-dealkylation sites (tertiary alicyclic amines) is 1. The zero-order chi connectivity index (χ0) is 27.9. The second kappa shape index (κ2) is 10.7. The minimum atomic E-state index is -2.87. The third-order valence-corrected chi connectivity index (χ3v) is 8.18. The number of hydrogen-bond donors (Lipinski definition) is 1. The Morgan fingerprint density at radius 3 is 2.55 bits per heavy atom. The molecule has 2 aliphatic rings. The summed E-state index contributed by atoms with van der Waals surface area (Å²) in [5.41, 5.74) is 0.266. The topological polar surface area (TPSA) is 106 Å². The lowest BCUT2D eigenvalue weighted by molar-refractivity contribution is -0.253. The fourth-order valence-corrected chi connectivity index (χ4v) is 6.04. The fourth-order valence-electron chi connectivity index (χ4n) is 6.04. The first-order chi connectivity index (χ1) is 19.4.